The van der Waals surface area contributed by atoms with Crippen molar-refractivity contribution < 1.29 is 0 Å². The molecule has 0 unspecified atom stereocenters. The van der Waals surface area contributed by atoms with Gasteiger partial charge in [-0.3, -0.25) is 0 Å². The van der Waals surface area contributed by atoms with Crippen molar-refractivity contribution in [1.82, 2.24) is 4.90 Å². The second kappa shape index (κ2) is 10.6. The fraction of sp³-hybridized carbons (Fsp3) is 0.529. The highest BCUT2D eigenvalue weighted by molar-refractivity contribution is 5.48. The molecule has 0 fully saturated rings. The lowest BCUT2D eigenvalue weighted by Crippen LogP contribution is -2.22. The minimum Gasteiger partial charge on any atom is -0.377 e. The van der Waals surface area contributed by atoms with Gasteiger partial charge in [0, 0.05) is 13.1 Å². The van der Waals surface area contributed by atoms with Crippen LogP contribution in [0, 0.1) is 0 Å². The molecule has 1 aromatic carbocycles. The first kappa shape index (κ1) is 15.8. The molecule has 0 spiro atoms. The van der Waals surface area contributed by atoms with Crippen molar-refractivity contribution in [3.05, 3.63) is 42.1 Å². The lowest BCUT2D eigenvalue weighted by atomic mass is 10.2. The largest absolute Gasteiger partial charge is 0.377 e. The van der Waals surface area contributed by atoms with E-state index in [1.54, 1.807) is 0 Å². The number of hydrogen-bond acceptors (Lipinski definition) is 2. The average molecular weight is 260 g/mol. The molecule has 0 saturated carbocycles. The summed E-state index contributed by atoms with van der Waals surface area (Å²) < 4.78 is 0. The molecule has 0 aliphatic heterocycles. The van der Waals surface area contributed by atoms with Gasteiger partial charge in [0.15, 0.2) is 0 Å². The minimum atomic E-state index is 0.768. The molecule has 0 radical (unpaired) electrons. The Hall–Kier alpha value is -1.28. The Morgan fingerprint density at radius 2 is 1.74 bits per heavy atom. The van der Waals surface area contributed by atoms with E-state index in [2.05, 4.69) is 48.4 Å². The van der Waals surface area contributed by atoms with E-state index in [4.69, 9.17) is 5.73 Å². The molecule has 2 N–H and O–H groups in total. The Labute approximate surface area is 118 Å². The fourth-order valence-corrected chi connectivity index (χ4v) is 2.05. The normalized spacial score (nSPS) is 11.1. The Balaban J connectivity index is 2.41. The van der Waals surface area contributed by atoms with Gasteiger partial charge in [0.2, 0.25) is 0 Å². The third-order valence-corrected chi connectivity index (χ3v) is 3.23. The first-order valence-corrected chi connectivity index (χ1v) is 7.54. The molecule has 0 amide bonds. The minimum absolute atomic E-state index is 0.768. The first-order valence-electron chi connectivity index (χ1n) is 7.54. The van der Waals surface area contributed by atoms with E-state index < -0.39 is 0 Å². The summed E-state index contributed by atoms with van der Waals surface area (Å²) in [5, 5.41) is 0. The Bertz CT molecular complexity index is 332. The van der Waals surface area contributed by atoms with Gasteiger partial charge in [0.1, 0.15) is 0 Å². The summed E-state index contributed by atoms with van der Waals surface area (Å²) in [4.78, 5) is 2.40. The molecular weight excluding hydrogens is 232 g/mol. The maximum atomic E-state index is 5.61. The highest BCUT2D eigenvalue weighted by atomic mass is 15.1. The van der Waals surface area contributed by atoms with Crippen LogP contribution in [0.15, 0.2) is 36.5 Å². The van der Waals surface area contributed by atoms with Gasteiger partial charge in [0.25, 0.3) is 0 Å². The molecule has 0 aliphatic carbocycles. The van der Waals surface area contributed by atoms with Crippen molar-refractivity contribution >= 4 is 6.08 Å². The van der Waals surface area contributed by atoms with Gasteiger partial charge in [-0.05, 0) is 37.2 Å². The zero-order valence-corrected chi connectivity index (χ0v) is 12.2. The predicted octanol–water partition coefficient (Wildman–Crippen LogP) is 3.89. The van der Waals surface area contributed by atoms with E-state index >= 15 is 0 Å². The summed E-state index contributed by atoms with van der Waals surface area (Å²) in [6, 6.07) is 10.5. The van der Waals surface area contributed by atoms with Crippen LogP contribution in [0.3, 0.4) is 0 Å². The zero-order chi connectivity index (χ0) is 13.8. The summed E-state index contributed by atoms with van der Waals surface area (Å²) in [7, 11) is 0. The molecule has 106 valence electrons. The third kappa shape index (κ3) is 7.68. The third-order valence-electron chi connectivity index (χ3n) is 3.23. The van der Waals surface area contributed by atoms with E-state index in [0.717, 1.165) is 26.1 Å². The summed E-state index contributed by atoms with van der Waals surface area (Å²) >= 11 is 0. The fourth-order valence-electron chi connectivity index (χ4n) is 2.05. The topological polar surface area (TPSA) is 29.3 Å². The van der Waals surface area contributed by atoms with E-state index in [-0.39, 0.29) is 0 Å². The lowest BCUT2D eigenvalue weighted by Gasteiger charge is -2.20. The molecule has 19 heavy (non-hydrogen) atoms. The summed E-state index contributed by atoms with van der Waals surface area (Å²) in [5.41, 5.74) is 6.87. The SMILES string of the molecule is CCCCCCN(/C=C\c1ccccc1)CCCN. The van der Waals surface area contributed by atoms with Crippen LogP contribution in [0.1, 0.15) is 44.6 Å². The predicted molar refractivity (Wildman–Crippen MR) is 84.9 cm³/mol. The standard InChI is InChI=1S/C17H28N2/c1-2-3-4-8-14-19(15-9-13-18)16-12-17-10-6-5-7-11-17/h5-7,10-12,16H,2-4,8-9,13-15,18H2,1H3/b16-12-. The van der Waals surface area contributed by atoms with Crippen molar-refractivity contribution in [3.63, 3.8) is 0 Å². The Morgan fingerprint density at radius 1 is 1.00 bits per heavy atom. The van der Waals surface area contributed by atoms with Gasteiger partial charge in [-0.15, -0.1) is 0 Å². The number of unbranched alkanes of at least 4 members (excludes halogenated alkanes) is 3. The molecular formula is C17H28N2. The van der Waals surface area contributed by atoms with Gasteiger partial charge in [0.05, 0.1) is 0 Å². The van der Waals surface area contributed by atoms with Crippen molar-refractivity contribution in [2.75, 3.05) is 19.6 Å². The molecule has 0 heterocycles. The highest BCUT2D eigenvalue weighted by Crippen LogP contribution is 2.06. The number of benzene rings is 1. The maximum Gasteiger partial charge on any atom is 0.0184 e. The Kier molecular flexibility index (Phi) is 8.82. The molecule has 2 heteroatoms. The Morgan fingerprint density at radius 3 is 2.42 bits per heavy atom. The van der Waals surface area contributed by atoms with Gasteiger partial charge in [-0.1, -0.05) is 56.5 Å². The van der Waals surface area contributed by atoms with E-state index in [0.29, 0.717) is 0 Å². The molecule has 1 aromatic rings. The molecule has 0 aliphatic rings. The zero-order valence-electron chi connectivity index (χ0n) is 12.2. The van der Waals surface area contributed by atoms with Crippen LogP contribution in [0.4, 0.5) is 0 Å². The van der Waals surface area contributed by atoms with E-state index in [1.807, 2.05) is 6.07 Å². The number of hydrogen-bond donors (Lipinski definition) is 1. The first-order chi connectivity index (χ1) is 9.36. The molecule has 0 atom stereocenters. The quantitative estimate of drug-likeness (QED) is 0.647. The van der Waals surface area contributed by atoms with Crippen molar-refractivity contribution in [3.8, 4) is 0 Å². The summed E-state index contributed by atoms with van der Waals surface area (Å²) in [6.07, 6.45) is 10.7. The van der Waals surface area contributed by atoms with Crippen LogP contribution in [-0.4, -0.2) is 24.5 Å². The lowest BCUT2D eigenvalue weighted by molar-refractivity contribution is 0.361. The smallest absolute Gasteiger partial charge is 0.0184 e. The van der Waals surface area contributed by atoms with Crippen LogP contribution in [0.25, 0.3) is 6.08 Å². The van der Waals surface area contributed by atoms with Gasteiger partial charge in [-0.25, -0.2) is 0 Å². The number of nitrogens with zero attached hydrogens (tertiary/aromatic N) is 1. The van der Waals surface area contributed by atoms with E-state index in [1.165, 1.54) is 31.2 Å². The number of rotatable bonds is 10. The van der Waals surface area contributed by atoms with Crippen molar-refractivity contribution in [2.45, 2.75) is 39.0 Å². The van der Waals surface area contributed by atoms with Gasteiger partial charge >= 0.3 is 0 Å². The van der Waals surface area contributed by atoms with Crippen molar-refractivity contribution in [1.29, 1.82) is 0 Å². The highest BCUT2D eigenvalue weighted by Gasteiger charge is 1.98. The molecule has 0 aromatic heterocycles. The molecule has 0 saturated heterocycles. The molecule has 1 rings (SSSR count). The van der Waals surface area contributed by atoms with Crippen LogP contribution in [-0.2, 0) is 0 Å². The second-order valence-electron chi connectivity index (χ2n) is 4.97. The summed E-state index contributed by atoms with van der Waals surface area (Å²) in [5.74, 6) is 0. The maximum absolute atomic E-state index is 5.61. The van der Waals surface area contributed by atoms with Crippen LogP contribution in [0.5, 0.6) is 0 Å². The molecule has 0 bridgehead atoms. The van der Waals surface area contributed by atoms with Crippen LogP contribution < -0.4 is 5.73 Å². The van der Waals surface area contributed by atoms with Crippen LogP contribution in [0.2, 0.25) is 0 Å². The monoisotopic (exact) mass is 260 g/mol. The van der Waals surface area contributed by atoms with Gasteiger partial charge in [-0.2, -0.15) is 0 Å². The van der Waals surface area contributed by atoms with Crippen LogP contribution >= 0.6 is 0 Å². The average Bonchev–Trinajstić information content (AvgIpc) is 2.46. The molecule has 2 nitrogen and oxygen atoms in total. The number of nitrogens with two attached hydrogens (primary N) is 1. The summed E-state index contributed by atoms with van der Waals surface area (Å²) in [6.45, 7) is 5.22. The van der Waals surface area contributed by atoms with E-state index in [9.17, 15) is 0 Å². The van der Waals surface area contributed by atoms with Gasteiger partial charge < -0.3 is 10.6 Å². The van der Waals surface area contributed by atoms with Crippen molar-refractivity contribution in [2.24, 2.45) is 5.73 Å². The second-order valence-corrected chi connectivity index (χ2v) is 4.97.